The minimum atomic E-state index is -1.49. The smallest absolute Gasteiger partial charge is 0.360 e. The Bertz CT molecular complexity index is 691. The van der Waals surface area contributed by atoms with Crippen molar-refractivity contribution in [3.05, 3.63) is 44.4 Å². The van der Waals surface area contributed by atoms with E-state index in [9.17, 15) is 19.7 Å². The van der Waals surface area contributed by atoms with Crippen molar-refractivity contribution in [2.45, 2.75) is 0 Å². The van der Waals surface area contributed by atoms with Crippen LogP contribution in [0, 0.1) is 10.1 Å². The number of nitro benzene ring substituents is 1. The second-order valence-electron chi connectivity index (χ2n) is 3.18. The van der Waals surface area contributed by atoms with Gasteiger partial charge in [-0.2, -0.15) is 0 Å². The molecule has 2 rings (SSSR count). The monoisotopic (exact) mass is 235 g/mol. The van der Waals surface area contributed by atoms with Gasteiger partial charge in [0.1, 0.15) is 0 Å². The number of carbonyl (C=O) groups is 1. The lowest BCUT2D eigenvalue weighted by Gasteiger charge is -1.98. The Kier molecular flexibility index (Phi) is 2.32. The van der Waals surface area contributed by atoms with E-state index in [4.69, 9.17) is 5.11 Å². The maximum Gasteiger partial charge on any atom is 0.360 e. The highest BCUT2D eigenvalue weighted by molar-refractivity contribution is 5.88. The molecule has 0 aliphatic carbocycles. The van der Waals surface area contributed by atoms with Gasteiger partial charge in [-0.1, -0.05) is 0 Å². The van der Waals surface area contributed by atoms with Gasteiger partial charge in [0.25, 0.3) is 11.2 Å². The number of carboxylic acids is 1. The van der Waals surface area contributed by atoms with Gasteiger partial charge < -0.3 is 10.1 Å². The molecule has 0 aliphatic heterocycles. The summed E-state index contributed by atoms with van der Waals surface area (Å²) in [6.07, 6.45) is 0. The Balaban J connectivity index is 2.77. The van der Waals surface area contributed by atoms with E-state index in [2.05, 4.69) is 9.97 Å². The SMILES string of the molecule is O=C(O)c1nc2cc([N+](=O)[O-])ccc2[nH]c1=O. The third kappa shape index (κ3) is 1.83. The van der Waals surface area contributed by atoms with E-state index >= 15 is 0 Å². The molecule has 8 heteroatoms. The summed E-state index contributed by atoms with van der Waals surface area (Å²) in [6.45, 7) is 0. The number of aromatic carboxylic acids is 1. The highest BCUT2D eigenvalue weighted by Gasteiger charge is 2.14. The number of nitrogens with one attached hydrogen (secondary N) is 1. The zero-order valence-corrected chi connectivity index (χ0v) is 8.21. The highest BCUT2D eigenvalue weighted by Crippen LogP contribution is 2.16. The van der Waals surface area contributed by atoms with E-state index in [1.54, 1.807) is 0 Å². The van der Waals surface area contributed by atoms with Crippen LogP contribution in [0.5, 0.6) is 0 Å². The summed E-state index contributed by atoms with van der Waals surface area (Å²) in [6, 6.07) is 3.59. The predicted molar refractivity (Wildman–Crippen MR) is 56.0 cm³/mol. The average Bonchev–Trinajstić information content (AvgIpc) is 2.27. The zero-order valence-electron chi connectivity index (χ0n) is 8.21. The summed E-state index contributed by atoms with van der Waals surface area (Å²) in [5.41, 5.74) is -1.48. The molecule has 1 aromatic carbocycles. The Morgan fingerprint density at radius 3 is 2.76 bits per heavy atom. The molecule has 0 spiro atoms. The van der Waals surface area contributed by atoms with Crippen molar-refractivity contribution >= 4 is 22.7 Å². The number of hydrogen-bond acceptors (Lipinski definition) is 5. The summed E-state index contributed by atoms with van der Waals surface area (Å²) < 4.78 is 0. The van der Waals surface area contributed by atoms with Crippen LogP contribution in [0.4, 0.5) is 5.69 Å². The van der Waals surface area contributed by atoms with Crippen LogP contribution in [0.15, 0.2) is 23.0 Å². The fourth-order valence-corrected chi connectivity index (χ4v) is 1.33. The number of hydrogen-bond donors (Lipinski definition) is 2. The second kappa shape index (κ2) is 3.67. The predicted octanol–water partition coefficient (Wildman–Crippen LogP) is 0.529. The summed E-state index contributed by atoms with van der Waals surface area (Å²) in [4.78, 5) is 37.7. The number of benzene rings is 1. The number of aromatic nitrogens is 2. The number of nitro groups is 1. The molecule has 8 nitrogen and oxygen atoms in total. The second-order valence-corrected chi connectivity index (χ2v) is 3.18. The van der Waals surface area contributed by atoms with Gasteiger partial charge in [0.05, 0.1) is 16.0 Å². The van der Waals surface area contributed by atoms with Gasteiger partial charge in [0, 0.05) is 12.1 Å². The van der Waals surface area contributed by atoms with Crippen LogP contribution in [0.3, 0.4) is 0 Å². The fraction of sp³-hybridized carbons (Fsp3) is 0. The molecule has 2 N–H and O–H groups in total. The topological polar surface area (TPSA) is 126 Å². The number of rotatable bonds is 2. The number of H-pyrrole nitrogens is 1. The number of fused-ring (bicyclic) bond motifs is 1. The molecule has 86 valence electrons. The van der Waals surface area contributed by atoms with E-state index in [0.29, 0.717) is 0 Å². The Morgan fingerprint density at radius 1 is 1.47 bits per heavy atom. The van der Waals surface area contributed by atoms with Crippen LogP contribution in [-0.2, 0) is 0 Å². The normalized spacial score (nSPS) is 10.4. The van der Waals surface area contributed by atoms with Crippen LogP contribution >= 0.6 is 0 Å². The molecule has 0 radical (unpaired) electrons. The largest absolute Gasteiger partial charge is 0.476 e. The maximum absolute atomic E-state index is 11.3. The first kappa shape index (κ1) is 10.7. The van der Waals surface area contributed by atoms with Gasteiger partial charge in [-0.05, 0) is 6.07 Å². The lowest BCUT2D eigenvalue weighted by atomic mass is 10.2. The molecule has 1 aromatic heterocycles. The highest BCUT2D eigenvalue weighted by atomic mass is 16.6. The first-order valence-corrected chi connectivity index (χ1v) is 4.41. The Morgan fingerprint density at radius 2 is 2.18 bits per heavy atom. The first-order valence-electron chi connectivity index (χ1n) is 4.41. The van der Waals surface area contributed by atoms with E-state index in [1.807, 2.05) is 0 Å². The molecule has 17 heavy (non-hydrogen) atoms. The number of nitrogens with zero attached hydrogens (tertiary/aromatic N) is 2. The van der Waals surface area contributed by atoms with Crippen molar-refractivity contribution in [1.29, 1.82) is 0 Å². The van der Waals surface area contributed by atoms with Crippen molar-refractivity contribution in [2.24, 2.45) is 0 Å². The molecule has 1 heterocycles. The fourth-order valence-electron chi connectivity index (χ4n) is 1.33. The van der Waals surface area contributed by atoms with Gasteiger partial charge in [0.2, 0.25) is 5.69 Å². The molecule has 0 bridgehead atoms. The van der Waals surface area contributed by atoms with Crippen LogP contribution < -0.4 is 5.56 Å². The molecular weight excluding hydrogens is 230 g/mol. The Labute approximate surface area is 92.7 Å². The summed E-state index contributed by atoms with van der Waals surface area (Å²) in [5.74, 6) is -1.49. The van der Waals surface area contributed by atoms with Crippen molar-refractivity contribution < 1.29 is 14.8 Å². The van der Waals surface area contributed by atoms with E-state index < -0.39 is 22.1 Å². The van der Waals surface area contributed by atoms with Gasteiger partial charge in [-0.25, -0.2) is 9.78 Å². The van der Waals surface area contributed by atoms with Gasteiger partial charge in [0.15, 0.2) is 0 Å². The van der Waals surface area contributed by atoms with E-state index in [-0.39, 0.29) is 16.7 Å². The Hall–Kier alpha value is -2.77. The molecule has 0 unspecified atom stereocenters. The average molecular weight is 235 g/mol. The lowest BCUT2D eigenvalue weighted by Crippen LogP contribution is -2.19. The van der Waals surface area contributed by atoms with E-state index in [1.165, 1.54) is 12.1 Å². The summed E-state index contributed by atoms with van der Waals surface area (Å²) in [5, 5.41) is 19.2. The zero-order chi connectivity index (χ0) is 12.6. The molecule has 2 aromatic rings. The molecule has 0 saturated heterocycles. The van der Waals surface area contributed by atoms with Crippen LogP contribution in [-0.4, -0.2) is 26.0 Å². The summed E-state index contributed by atoms with van der Waals surface area (Å²) in [7, 11) is 0. The minimum absolute atomic E-state index is 0.0520. The standard InChI is InChI=1S/C9H5N3O5/c13-8-7(9(14)15)10-6-3-4(12(16)17)1-2-5(6)11-8/h1-3H,(H,11,13)(H,14,15). The van der Waals surface area contributed by atoms with Crippen molar-refractivity contribution in [3.63, 3.8) is 0 Å². The number of aromatic amines is 1. The molecule has 0 amide bonds. The lowest BCUT2D eigenvalue weighted by molar-refractivity contribution is -0.384. The molecule has 0 saturated carbocycles. The van der Waals surface area contributed by atoms with E-state index in [0.717, 1.165) is 6.07 Å². The van der Waals surface area contributed by atoms with Gasteiger partial charge in [-0.3, -0.25) is 14.9 Å². The molecule has 0 atom stereocenters. The van der Waals surface area contributed by atoms with Gasteiger partial charge >= 0.3 is 5.97 Å². The molecule has 0 fully saturated rings. The number of carboxylic acid groups (broad SMARTS) is 1. The third-order valence-electron chi connectivity index (χ3n) is 2.09. The van der Waals surface area contributed by atoms with Gasteiger partial charge in [-0.15, -0.1) is 0 Å². The maximum atomic E-state index is 11.3. The molecule has 0 aliphatic rings. The van der Waals surface area contributed by atoms with Crippen molar-refractivity contribution in [2.75, 3.05) is 0 Å². The van der Waals surface area contributed by atoms with Crippen LogP contribution in [0.1, 0.15) is 10.5 Å². The minimum Gasteiger partial charge on any atom is -0.476 e. The molecular formula is C9H5N3O5. The van der Waals surface area contributed by atoms with Crippen LogP contribution in [0.25, 0.3) is 11.0 Å². The van der Waals surface area contributed by atoms with Crippen LogP contribution in [0.2, 0.25) is 0 Å². The quantitative estimate of drug-likeness (QED) is 0.577. The first-order chi connectivity index (χ1) is 7.99. The number of non-ortho nitro benzene ring substituents is 1. The van der Waals surface area contributed by atoms with Crippen molar-refractivity contribution in [1.82, 2.24) is 9.97 Å². The van der Waals surface area contributed by atoms with Crippen molar-refractivity contribution in [3.8, 4) is 0 Å². The third-order valence-corrected chi connectivity index (χ3v) is 2.09. The summed E-state index contributed by atoms with van der Waals surface area (Å²) >= 11 is 0.